The Kier molecular flexibility index (Phi) is 5.32. The Morgan fingerprint density at radius 2 is 1.57 bits per heavy atom. The number of hydrogen-bond acceptors (Lipinski definition) is 2. The van der Waals surface area contributed by atoms with Crippen LogP contribution < -0.4 is 10.1 Å². The zero-order chi connectivity index (χ0) is 15.3. The molecule has 118 valence electrons. The molecule has 0 aliphatic heterocycles. The fraction of sp³-hybridized carbons (Fsp3) is 0.684. The minimum absolute atomic E-state index is 0.172. The van der Waals surface area contributed by atoms with E-state index in [1.54, 1.807) is 7.11 Å². The molecule has 0 radical (unpaired) electrons. The van der Waals surface area contributed by atoms with Crippen LogP contribution in [0.4, 0.5) is 0 Å². The first-order valence-electron chi connectivity index (χ1n) is 8.35. The van der Waals surface area contributed by atoms with Crippen molar-refractivity contribution in [2.45, 2.75) is 70.3 Å². The van der Waals surface area contributed by atoms with Crippen molar-refractivity contribution in [3.63, 3.8) is 0 Å². The van der Waals surface area contributed by atoms with Crippen LogP contribution in [-0.2, 0) is 5.41 Å². The maximum Gasteiger partial charge on any atom is 0.118 e. The van der Waals surface area contributed by atoms with Crippen LogP contribution in [0, 0.1) is 0 Å². The molecule has 0 aromatic heterocycles. The average molecular weight is 289 g/mol. The van der Waals surface area contributed by atoms with Crippen molar-refractivity contribution in [2.75, 3.05) is 13.7 Å². The molecule has 2 nitrogen and oxygen atoms in total. The van der Waals surface area contributed by atoms with Gasteiger partial charge in [0.15, 0.2) is 0 Å². The van der Waals surface area contributed by atoms with Gasteiger partial charge in [-0.15, -0.1) is 0 Å². The Morgan fingerprint density at radius 3 is 2.05 bits per heavy atom. The van der Waals surface area contributed by atoms with E-state index < -0.39 is 0 Å². The summed E-state index contributed by atoms with van der Waals surface area (Å²) in [5.74, 6) is 0.950. The molecule has 1 fully saturated rings. The van der Waals surface area contributed by atoms with E-state index in [9.17, 15) is 0 Å². The molecule has 0 unspecified atom stereocenters. The van der Waals surface area contributed by atoms with E-state index in [2.05, 4.69) is 50.4 Å². The topological polar surface area (TPSA) is 21.3 Å². The number of methoxy groups -OCH3 is 1. The molecule has 1 N–H and O–H groups in total. The lowest BCUT2D eigenvalue weighted by Crippen LogP contribution is -2.46. The summed E-state index contributed by atoms with van der Waals surface area (Å²) >= 11 is 0. The standard InChI is InChI=1S/C19H31NO/c1-18(2,3)20-15-19(13-7-5-6-8-14-19)16-9-11-17(21-4)12-10-16/h9-12,20H,5-8,13-15H2,1-4H3. The van der Waals surface area contributed by atoms with Crippen LogP contribution in [-0.4, -0.2) is 19.2 Å². The molecular weight excluding hydrogens is 258 g/mol. The molecule has 1 aromatic carbocycles. The third-order valence-electron chi connectivity index (χ3n) is 4.72. The summed E-state index contributed by atoms with van der Waals surface area (Å²) < 4.78 is 5.31. The van der Waals surface area contributed by atoms with Gasteiger partial charge in [-0.05, 0) is 51.3 Å². The largest absolute Gasteiger partial charge is 0.497 e. The lowest BCUT2D eigenvalue weighted by atomic mass is 9.74. The SMILES string of the molecule is COc1ccc(C2(CNC(C)(C)C)CCCCCC2)cc1. The fourth-order valence-electron chi connectivity index (χ4n) is 3.35. The predicted octanol–water partition coefficient (Wildman–Crippen LogP) is 4.68. The van der Waals surface area contributed by atoms with Gasteiger partial charge in [0.25, 0.3) is 0 Å². The quantitative estimate of drug-likeness (QED) is 0.813. The fourth-order valence-corrected chi connectivity index (χ4v) is 3.35. The number of rotatable bonds is 4. The molecule has 1 aliphatic carbocycles. The number of ether oxygens (including phenoxy) is 1. The van der Waals surface area contributed by atoms with E-state index in [0.29, 0.717) is 0 Å². The first-order valence-corrected chi connectivity index (χ1v) is 8.35. The van der Waals surface area contributed by atoms with E-state index in [4.69, 9.17) is 4.74 Å². The summed E-state index contributed by atoms with van der Waals surface area (Å²) in [6, 6.07) is 8.76. The highest BCUT2D eigenvalue weighted by Gasteiger charge is 2.33. The molecule has 0 spiro atoms. The van der Waals surface area contributed by atoms with Crippen molar-refractivity contribution in [3.8, 4) is 5.75 Å². The minimum atomic E-state index is 0.172. The van der Waals surface area contributed by atoms with Gasteiger partial charge in [0.2, 0.25) is 0 Å². The van der Waals surface area contributed by atoms with Gasteiger partial charge in [-0.25, -0.2) is 0 Å². The third-order valence-corrected chi connectivity index (χ3v) is 4.72. The van der Waals surface area contributed by atoms with Gasteiger partial charge < -0.3 is 10.1 Å². The van der Waals surface area contributed by atoms with E-state index in [1.807, 2.05) is 0 Å². The maximum atomic E-state index is 5.31. The van der Waals surface area contributed by atoms with Gasteiger partial charge in [0, 0.05) is 17.5 Å². The lowest BCUT2D eigenvalue weighted by molar-refractivity contribution is 0.300. The normalized spacial score (nSPS) is 19.0. The number of nitrogens with one attached hydrogen (secondary N) is 1. The van der Waals surface area contributed by atoms with E-state index in [1.165, 1.54) is 44.1 Å². The Morgan fingerprint density at radius 1 is 1.00 bits per heavy atom. The summed E-state index contributed by atoms with van der Waals surface area (Å²) in [5, 5.41) is 3.76. The second-order valence-electron chi connectivity index (χ2n) is 7.53. The zero-order valence-corrected chi connectivity index (χ0v) is 14.2. The van der Waals surface area contributed by atoms with Crippen molar-refractivity contribution >= 4 is 0 Å². The summed E-state index contributed by atoms with van der Waals surface area (Å²) in [6.07, 6.45) is 8.04. The molecule has 0 amide bonds. The highest BCUT2D eigenvalue weighted by Crippen LogP contribution is 2.38. The van der Waals surface area contributed by atoms with Gasteiger partial charge in [-0.3, -0.25) is 0 Å². The molecular formula is C19H31NO. The summed E-state index contributed by atoms with van der Waals surface area (Å²) in [7, 11) is 1.73. The minimum Gasteiger partial charge on any atom is -0.497 e. The number of hydrogen-bond donors (Lipinski definition) is 1. The Hall–Kier alpha value is -1.02. The van der Waals surface area contributed by atoms with Gasteiger partial charge in [-0.2, -0.15) is 0 Å². The second kappa shape index (κ2) is 6.83. The second-order valence-corrected chi connectivity index (χ2v) is 7.53. The van der Waals surface area contributed by atoms with Gasteiger partial charge in [0.05, 0.1) is 7.11 Å². The highest BCUT2D eigenvalue weighted by molar-refractivity contribution is 5.33. The average Bonchev–Trinajstić information content (AvgIpc) is 2.71. The smallest absolute Gasteiger partial charge is 0.118 e. The Balaban J connectivity index is 2.24. The van der Waals surface area contributed by atoms with Crippen molar-refractivity contribution in [2.24, 2.45) is 0 Å². The number of benzene rings is 1. The first-order chi connectivity index (χ1) is 9.95. The van der Waals surface area contributed by atoms with Crippen molar-refractivity contribution in [1.29, 1.82) is 0 Å². The molecule has 0 saturated heterocycles. The molecule has 1 aromatic rings. The van der Waals surface area contributed by atoms with E-state index in [-0.39, 0.29) is 11.0 Å². The van der Waals surface area contributed by atoms with Crippen LogP contribution in [0.2, 0.25) is 0 Å². The summed E-state index contributed by atoms with van der Waals surface area (Å²) in [6.45, 7) is 7.84. The van der Waals surface area contributed by atoms with E-state index >= 15 is 0 Å². The maximum absolute atomic E-state index is 5.31. The molecule has 21 heavy (non-hydrogen) atoms. The summed E-state index contributed by atoms with van der Waals surface area (Å²) in [5.41, 5.74) is 1.93. The Labute approximate surface area is 130 Å². The molecule has 2 rings (SSSR count). The predicted molar refractivity (Wildman–Crippen MR) is 90.1 cm³/mol. The van der Waals surface area contributed by atoms with Crippen molar-refractivity contribution < 1.29 is 4.74 Å². The lowest BCUT2D eigenvalue weighted by Gasteiger charge is -2.37. The molecule has 2 heteroatoms. The summed E-state index contributed by atoms with van der Waals surface area (Å²) in [4.78, 5) is 0. The van der Waals surface area contributed by atoms with Crippen LogP contribution in [0.3, 0.4) is 0 Å². The Bertz CT molecular complexity index is 422. The van der Waals surface area contributed by atoms with Crippen LogP contribution in [0.25, 0.3) is 0 Å². The molecule has 0 atom stereocenters. The van der Waals surface area contributed by atoms with Gasteiger partial charge in [0.1, 0.15) is 5.75 Å². The molecule has 0 heterocycles. The molecule has 0 bridgehead atoms. The first kappa shape index (κ1) is 16.4. The zero-order valence-electron chi connectivity index (χ0n) is 14.2. The van der Waals surface area contributed by atoms with Crippen LogP contribution >= 0.6 is 0 Å². The van der Waals surface area contributed by atoms with Crippen molar-refractivity contribution in [1.82, 2.24) is 5.32 Å². The van der Waals surface area contributed by atoms with Crippen LogP contribution in [0.15, 0.2) is 24.3 Å². The molecule has 1 saturated carbocycles. The van der Waals surface area contributed by atoms with Gasteiger partial charge >= 0.3 is 0 Å². The van der Waals surface area contributed by atoms with Crippen LogP contribution in [0.1, 0.15) is 64.9 Å². The van der Waals surface area contributed by atoms with Gasteiger partial charge in [-0.1, -0.05) is 37.8 Å². The third kappa shape index (κ3) is 4.47. The molecule has 1 aliphatic rings. The van der Waals surface area contributed by atoms with E-state index in [0.717, 1.165) is 12.3 Å². The monoisotopic (exact) mass is 289 g/mol. The van der Waals surface area contributed by atoms with Crippen molar-refractivity contribution in [3.05, 3.63) is 29.8 Å². The van der Waals surface area contributed by atoms with Crippen LogP contribution in [0.5, 0.6) is 5.75 Å². The highest BCUT2D eigenvalue weighted by atomic mass is 16.5.